The molecular formula is C17H19N3O2S. The molecule has 2 N–H and O–H groups in total. The molecule has 2 rings (SSSR count). The summed E-state index contributed by atoms with van der Waals surface area (Å²) >= 11 is 1.50. The molecule has 1 aromatic carbocycles. The molecule has 2 amide bonds. The average Bonchev–Trinajstić information content (AvgIpc) is 2.59. The average molecular weight is 329 g/mol. The van der Waals surface area contributed by atoms with Gasteiger partial charge in [-0.05, 0) is 30.7 Å². The largest absolute Gasteiger partial charge is 0.346 e. The van der Waals surface area contributed by atoms with Crippen molar-refractivity contribution in [3.05, 3.63) is 54.9 Å². The quantitative estimate of drug-likeness (QED) is 0.766. The van der Waals surface area contributed by atoms with Crippen LogP contribution in [-0.2, 0) is 9.59 Å². The normalized spacial score (nSPS) is 11.5. The number of anilines is 1. The van der Waals surface area contributed by atoms with Crippen molar-refractivity contribution in [2.75, 3.05) is 11.9 Å². The molecule has 0 aliphatic carbocycles. The molecule has 0 radical (unpaired) electrons. The summed E-state index contributed by atoms with van der Waals surface area (Å²) in [5.74, 6) is -0.409. The zero-order valence-electron chi connectivity index (χ0n) is 12.9. The number of benzene rings is 1. The predicted molar refractivity (Wildman–Crippen MR) is 92.3 cm³/mol. The first-order chi connectivity index (χ1) is 11.2. The van der Waals surface area contributed by atoms with Crippen LogP contribution >= 0.6 is 11.8 Å². The molecule has 1 aromatic heterocycles. The molecule has 120 valence electrons. The fourth-order valence-corrected chi connectivity index (χ4v) is 2.91. The Balaban J connectivity index is 1.81. The Kier molecular flexibility index (Phi) is 6.62. The van der Waals surface area contributed by atoms with Gasteiger partial charge in [0.05, 0.1) is 23.7 Å². The van der Waals surface area contributed by atoms with Gasteiger partial charge in [-0.15, -0.1) is 11.8 Å². The Bertz CT molecular complexity index is 635. The molecule has 0 spiro atoms. The van der Waals surface area contributed by atoms with Crippen molar-refractivity contribution in [1.82, 2.24) is 10.3 Å². The smallest absolute Gasteiger partial charge is 0.243 e. The highest BCUT2D eigenvalue weighted by Crippen LogP contribution is 2.25. The minimum atomic E-state index is -0.272. The van der Waals surface area contributed by atoms with Crippen molar-refractivity contribution in [3.63, 3.8) is 0 Å². The third-order valence-electron chi connectivity index (χ3n) is 3.05. The Hall–Kier alpha value is -2.34. The molecule has 6 heteroatoms. The summed E-state index contributed by atoms with van der Waals surface area (Å²) in [5, 5.41) is 5.14. The van der Waals surface area contributed by atoms with Crippen LogP contribution in [0.3, 0.4) is 0 Å². The van der Waals surface area contributed by atoms with E-state index in [0.717, 1.165) is 4.90 Å². The highest BCUT2D eigenvalue weighted by Gasteiger charge is 2.18. The highest BCUT2D eigenvalue weighted by atomic mass is 32.2. The van der Waals surface area contributed by atoms with Crippen LogP contribution in [0.1, 0.15) is 13.3 Å². The van der Waals surface area contributed by atoms with Crippen LogP contribution < -0.4 is 10.6 Å². The lowest BCUT2D eigenvalue weighted by atomic mass is 10.3. The number of pyridine rings is 1. The molecule has 0 saturated heterocycles. The number of carbonyl (C=O) groups excluding carboxylic acids is 2. The highest BCUT2D eigenvalue weighted by molar-refractivity contribution is 8.00. The topological polar surface area (TPSA) is 71.1 Å². The van der Waals surface area contributed by atoms with Crippen molar-refractivity contribution >= 4 is 29.3 Å². The maximum absolute atomic E-state index is 12.2. The summed E-state index contributed by atoms with van der Waals surface area (Å²) in [4.78, 5) is 29.0. The van der Waals surface area contributed by atoms with E-state index >= 15 is 0 Å². The Morgan fingerprint density at radius 2 is 1.96 bits per heavy atom. The van der Waals surface area contributed by atoms with Gasteiger partial charge in [-0.3, -0.25) is 14.6 Å². The van der Waals surface area contributed by atoms with Gasteiger partial charge in [-0.2, -0.15) is 0 Å². The number of aromatic nitrogens is 1. The molecule has 1 atom stereocenters. The van der Waals surface area contributed by atoms with Crippen LogP contribution in [-0.4, -0.2) is 28.6 Å². The van der Waals surface area contributed by atoms with Gasteiger partial charge >= 0.3 is 0 Å². The van der Waals surface area contributed by atoms with E-state index in [9.17, 15) is 9.59 Å². The number of nitrogens with one attached hydrogen (secondary N) is 2. The van der Waals surface area contributed by atoms with Gasteiger partial charge in [0.1, 0.15) is 0 Å². The van der Waals surface area contributed by atoms with Crippen molar-refractivity contribution < 1.29 is 9.59 Å². The lowest BCUT2D eigenvalue weighted by Crippen LogP contribution is -2.38. The molecule has 0 fully saturated rings. The summed E-state index contributed by atoms with van der Waals surface area (Å²) in [6.07, 6.45) is 3.87. The molecule has 0 bridgehead atoms. The monoisotopic (exact) mass is 329 g/mol. The molecule has 0 aliphatic rings. The van der Waals surface area contributed by atoms with Gasteiger partial charge in [0.25, 0.3) is 0 Å². The summed E-state index contributed by atoms with van der Waals surface area (Å²) in [6, 6.07) is 13.2. The fraction of sp³-hybridized carbons (Fsp3) is 0.235. The molecule has 0 saturated carbocycles. The zero-order chi connectivity index (χ0) is 16.5. The van der Waals surface area contributed by atoms with Gasteiger partial charge in [-0.1, -0.05) is 25.1 Å². The minimum absolute atomic E-state index is 0.0560. The van der Waals surface area contributed by atoms with Gasteiger partial charge in [0, 0.05) is 11.1 Å². The number of amides is 2. The van der Waals surface area contributed by atoms with E-state index in [0.29, 0.717) is 12.1 Å². The summed E-state index contributed by atoms with van der Waals surface area (Å²) in [6.45, 7) is 1.90. The Morgan fingerprint density at radius 3 is 2.61 bits per heavy atom. The number of carbonyl (C=O) groups is 2. The number of hydrogen-bond acceptors (Lipinski definition) is 4. The third-order valence-corrected chi connectivity index (χ3v) is 4.43. The van der Waals surface area contributed by atoms with Crippen LogP contribution in [0.4, 0.5) is 5.69 Å². The molecule has 0 aliphatic heterocycles. The van der Waals surface area contributed by atoms with E-state index < -0.39 is 0 Å². The van der Waals surface area contributed by atoms with E-state index in [4.69, 9.17) is 0 Å². The predicted octanol–water partition coefficient (Wildman–Crippen LogP) is 2.71. The number of nitrogens with zero attached hydrogens (tertiary/aromatic N) is 1. The molecule has 0 unspecified atom stereocenters. The molecule has 23 heavy (non-hydrogen) atoms. The second-order valence-corrected chi connectivity index (χ2v) is 6.11. The summed E-state index contributed by atoms with van der Waals surface area (Å²) in [7, 11) is 0. The summed E-state index contributed by atoms with van der Waals surface area (Å²) in [5.41, 5.74) is 0.609. The van der Waals surface area contributed by atoms with Crippen molar-refractivity contribution in [2.45, 2.75) is 23.5 Å². The standard InChI is InChI=1S/C17H19N3O2S/c1-2-15(23-14-8-4-3-5-9-14)17(22)19-12-16(21)20-13-7-6-10-18-11-13/h3-11,15H,2,12H2,1H3,(H,19,22)(H,20,21)/t15-/m0/s1. The van der Waals surface area contributed by atoms with Gasteiger partial charge in [-0.25, -0.2) is 0 Å². The van der Waals surface area contributed by atoms with E-state index in [1.54, 1.807) is 24.5 Å². The maximum Gasteiger partial charge on any atom is 0.243 e. The van der Waals surface area contributed by atoms with Crippen LogP contribution in [0, 0.1) is 0 Å². The van der Waals surface area contributed by atoms with E-state index in [1.165, 1.54) is 11.8 Å². The van der Waals surface area contributed by atoms with E-state index in [1.807, 2.05) is 37.3 Å². The van der Waals surface area contributed by atoms with Crippen LogP contribution in [0.2, 0.25) is 0 Å². The van der Waals surface area contributed by atoms with E-state index in [2.05, 4.69) is 15.6 Å². The minimum Gasteiger partial charge on any atom is -0.346 e. The molecule has 5 nitrogen and oxygen atoms in total. The molecule has 1 heterocycles. The van der Waals surface area contributed by atoms with Gasteiger partial charge in [0.15, 0.2) is 0 Å². The van der Waals surface area contributed by atoms with Crippen LogP contribution in [0.5, 0.6) is 0 Å². The third kappa shape index (κ3) is 5.75. The van der Waals surface area contributed by atoms with Crippen LogP contribution in [0.25, 0.3) is 0 Å². The van der Waals surface area contributed by atoms with E-state index in [-0.39, 0.29) is 23.6 Å². The first-order valence-electron chi connectivity index (χ1n) is 7.38. The number of rotatable bonds is 7. The molecule has 2 aromatic rings. The maximum atomic E-state index is 12.2. The second-order valence-electron chi connectivity index (χ2n) is 4.84. The lowest BCUT2D eigenvalue weighted by Gasteiger charge is -2.14. The van der Waals surface area contributed by atoms with Gasteiger partial charge in [0.2, 0.25) is 11.8 Å². The van der Waals surface area contributed by atoms with Crippen molar-refractivity contribution in [1.29, 1.82) is 0 Å². The molecular weight excluding hydrogens is 310 g/mol. The lowest BCUT2D eigenvalue weighted by molar-refractivity contribution is -0.123. The number of thioether (sulfide) groups is 1. The van der Waals surface area contributed by atoms with Crippen LogP contribution in [0.15, 0.2) is 59.8 Å². The van der Waals surface area contributed by atoms with Crippen molar-refractivity contribution in [2.24, 2.45) is 0 Å². The summed E-state index contributed by atoms with van der Waals surface area (Å²) < 4.78 is 0. The van der Waals surface area contributed by atoms with Crippen molar-refractivity contribution in [3.8, 4) is 0 Å². The zero-order valence-corrected chi connectivity index (χ0v) is 13.7. The fourth-order valence-electron chi connectivity index (χ4n) is 1.91. The first-order valence-corrected chi connectivity index (χ1v) is 8.26. The SMILES string of the molecule is CC[C@H](Sc1ccccc1)C(=O)NCC(=O)Nc1cccnc1. The Morgan fingerprint density at radius 1 is 1.17 bits per heavy atom. The van der Waals surface area contributed by atoms with Gasteiger partial charge < -0.3 is 10.6 Å². The number of hydrogen-bond donors (Lipinski definition) is 2. The first kappa shape index (κ1) is 17.0. The Labute approximate surface area is 139 Å². The second kappa shape index (κ2) is 8.95.